The summed E-state index contributed by atoms with van der Waals surface area (Å²) in [7, 11) is 1.42. The predicted molar refractivity (Wildman–Crippen MR) is 49.8 cm³/mol. The molecular weight excluding hydrogens is 152 g/mol. The third kappa shape index (κ3) is 3.56. The number of esters is 1. The van der Waals surface area contributed by atoms with Crippen LogP contribution in [0.5, 0.6) is 0 Å². The smallest absolute Gasteiger partial charge is 0.333 e. The van der Waals surface area contributed by atoms with Crippen LogP contribution in [-0.4, -0.2) is 13.1 Å². The van der Waals surface area contributed by atoms with Crippen LogP contribution in [0.4, 0.5) is 0 Å². The van der Waals surface area contributed by atoms with E-state index in [9.17, 15) is 4.79 Å². The molecule has 12 heavy (non-hydrogen) atoms. The lowest BCUT2D eigenvalue weighted by Crippen LogP contribution is -2.11. The molecule has 0 aromatic rings. The second-order valence-electron chi connectivity index (χ2n) is 3.51. The van der Waals surface area contributed by atoms with E-state index < -0.39 is 0 Å². The molecule has 2 nitrogen and oxygen atoms in total. The molecule has 0 rings (SSSR count). The lowest BCUT2D eigenvalue weighted by molar-refractivity contribution is -0.136. The van der Waals surface area contributed by atoms with Gasteiger partial charge in [0.15, 0.2) is 0 Å². The first-order valence-electron chi connectivity index (χ1n) is 4.29. The van der Waals surface area contributed by atoms with Gasteiger partial charge in [0.05, 0.1) is 7.11 Å². The minimum Gasteiger partial charge on any atom is -0.466 e. The molecule has 0 aliphatic rings. The zero-order chi connectivity index (χ0) is 9.72. The molecule has 0 aromatic heterocycles. The van der Waals surface area contributed by atoms with Crippen LogP contribution in [-0.2, 0) is 9.53 Å². The zero-order valence-electron chi connectivity index (χ0n) is 8.55. The summed E-state index contributed by atoms with van der Waals surface area (Å²) in [5.74, 6) is 0.417. The van der Waals surface area contributed by atoms with Gasteiger partial charge in [-0.1, -0.05) is 33.8 Å². The molecule has 0 aliphatic heterocycles. The molecule has 0 saturated carbocycles. The number of methoxy groups -OCH3 is 1. The van der Waals surface area contributed by atoms with E-state index in [0.29, 0.717) is 5.92 Å². The van der Waals surface area contributed by atoms with Gasteiger partial charge in [-0.15, -0.1) is 0 Å². The van der Waals surface area contributed by atoms with Crippen molar-refractivity contribution in [1.82, 2.24) is 0 Å². The van der Waals surface area contributed by atoms with E-state index in [2.05, 4.69) is 4.74 Å². The first kappa shape index (κ1) is 11.2. The third-order valence-electron chi connectivity index (χ3n) is 1.56. The van der Waals surface area contributed by atoms with Crippen LogP contribution in [0.25, 0.3) is 0 Å². The molecule has 0 aromatic carbocycles. The van der Waals surface area contributed by atoms with Gasteiger partial charge < -0.3 is 4.74 Å². The van der Waals surface area contributed by atoms with Gasteiger partial charge in [-0.3, -0.25) is 0 Å². The fourth-order valence-corrected chi connectivity index (χ4v) is 0.973. The van der Waals surface area contributed by atoms with Crippen LogP contribution in [0.2, 0.25) is 0 Å². The maximum absolute atomic E-state index is 11.2. The molecule has 0 heterocycles. The number of carbonyl (C=O) groups excluding carboxylic acids is 1. The summed E-state index contributed by atoms with van der Waals surface area (Å²) >= 11 is 0. The van der Waals surface area contributed by atoms with E-state index in [1.54, 1.807) is 0 Å². The number of hydrogen-bond donors (Lipinski definition) is 0. The summed E-state index contributed by atoms with van der Waals surface area (Å²) in [6, 6.07) is 0. The Morgan fingerprint density at radius 1 is 1.25 bits per heavy atom. The highest BCUT2D eigenvalue weighted by Crippen LogP contribution is 2.13. The number of carbonyl (C=O) groups is 1. The monoisotopic (exact) mass is 170 g/mol. The quantitative estimate of drug-likeness (QED) is 0.480. The normalized spacial score (nSPS) is 12.4. The lowest BCUT2D eigenvalue weighted by atomic mass is 9.99. The van der Waals surface area contributed by atoms with Gasteiger partial charge in [0, 0.05) is 5.57 Å². The lowest BCUT2D eigenvalue weighted by Gasteiger charge is -2.09. The Balaban J connectivity index is 4.55. The Morgan fingerprint density at radius 2 is 1.75 bits per heavy atom. The summed E-state index contributed by atoms with van der Waals surface area (Å²) in [6.07, 6.45) is 1.95. The van der Waals surface area contributed by atoms with Gasteiger partial charge in [-0.05, 0) is 11.8 Å². The van der Waals surface area contributed by atoms with Crippen molar-refractivity contribution in [1.29, 1.82) is 0 Å². The van der Waals surface area contributed by atoms with Crippen LogP contribution in [0.3, 0.4) is 0 Å². The van der Waals surface area contributed by atoms with Crippen molar-refractivity contribution < 1.29 is 9.53 Å². The average molecular weight is 170 g/mol. The van der Waals surface area contributed by atoms with Gasteiger partial charge in [-0.2, -0.15) is 0 Å². The Kier molecular flexibility index (Phi) is 4.64. The van der Waals surface area contributed by atoms with Crippen LogP contribution >= 0.6 is 0 Å². The zero-order valence-corrected chi connectivity index (χ0v) is 8.55. The van der Waals surface area contributed by atoms with Gasteiger partial charge in [-0.25, -0.2) is 4.79 Å². The largest absolute Gasteiger partial charge is 0.466 e. The Morgan fingerprint density at radius 3 is 2.00 bits per heavy atom. The van der Waals surface area contributed by atoms with E-state index >= 15 is 0 Å². The standard InChI is InChI=1S/C10H18O2/c1-7(2)6-9(8(3)4)10(11)12-5/h6-8H,1-5H3/b9-6-. The van der Waals surface area contributed by atoms with Crippen LogP contribution < -0.4 is 0 Å². The Labute approximate surface area is 74.6 Å². The van der Waals surface area contributed by atoms with Crippen LogP contribution in [0, 0.1) is 11.8 Å². The van der Waals surface area contributed by atoms with E-state index in [1.807, 2.05) is 33.8 Å². The van der Waals surface area contributed by atoms with Gasteiger partial charge in [0.25, 0.3) is 0 Å². The van der Waals surface area contributed by atoms with E-state index in [1.165, 1.54) is 7.11 Å². The van der Waals surface area contributed by atoms with Crippen LogP contribution in [0.1, 0.15) is 27.7 Å². The summed E-state index contributed by atoms with van der Waals surface area (Å²) in [5, 5.41) is 0. The number of hydrogen-bond acceptors (Lipinski definition) is 2. The van der Waals surface area contributed by atoms with Gasteiger partial charge >= 0.3 is 5.97 Å². The molecule has 0 aliphatic carbocycles. The first-order valence-corrected chi connectivity index (χ1v) is 4.29. The number of ether oxygens (including phenoxy) is 1. The molecule has 0 amide bonds. The van der Waals surface area contributed by atoms with Gasteiger partial charge in [0.2, 0.25) is 0 Å². The highest BCUT2D eigenvalue weighted by Gasteiger charge is 2.13. The van der Waals surface area contributed by atoms with E-state index in [-0.39, 0.29) is 11.9 Å². The second-order valence-corrected chi connectivity index (χ2v) is 3.51. The molecule has 0 N–H and O–H groups in total. The van der Waals surface area contributed by atoms with Crippen molar-refractivity contribution >= 4 is 5.97 Å². The van der Waals surface area contributed by atoms with Crippen molar-refractivity contribution in [3.63, 3.8) is 0 Å². The van der Waals surface area contributed by atoms with E-state index in [0.717, 1.165) is 5.57 Å². The van der Waals surface area contributed by atoms with Crippen molar-refractivity contribution in [2.24, 2.45) is 11.8 Å². The van der Waals surface area contributed by atoms with Crippen molar-refractivity contribution in [2.45, 2.75) is 27.7 Å². The average Bonchev–Trinajstić information content (AvgIpc) is 1.98. The molecule has 70 valence electrons. The summed E-state index contributed by atoms with van der Waals surface area (Å²) in [5.41, 5.74) is 0.771. The molecule has 2 heteroatoms. The highest BCUT2D eigenvalue weighted by molar-refractivity contribution is 5.88. The fourth-order valence-electron chi connectivity index (χ4n) is 0.973. The third-order valence-corrected chi connectivity index (χ3v) is 1.56. The topological polar surface area (TPSA) is 26.3 Å². The SMILES string of the molecule is COC(=O)/C(=C\C(C)C)C(C)C. The Bertz CT molecular complexity index is 178. The van der Waals surface area contributed by atoms with Crippen LogP contribution in [0.15, 0.2) is 11.6 Å². The summed E-state index contributed by atoms with van der Waals surface area (Å²) in [4.78, 5) is 11.2. The molecule has 0 fully saturated rings. The minimum absolute atomic E-state index is 0.210. The second kappa shape index (κ2) is 4.96. The maximum Gasteiger partial charge on any atom is 0.333 e. The molecule has 0 radical (unpaired) electrons. The minimum atomic E-state index is -0.210. The molecule has 0 atom stereocenters. The maximum atomic E-state index is 11.2. The molecular formula is C10H18O2. The fraction of sp³-hybridized carbons (Fsp3) is 0.700. The molecule has 0 bridgehead atoms. The van der Waals surface area contributed by atoms with Crippen molar-refractivity contribution in [3.8, 4) is 0 Å². The first-order chi connectivity index (χ1) is 5.49. The Hall–Kier alpha value is -0.790. The molecule has 0 saturated heterocycles. The van der Waals surface area contributed by atoms with Crippen molar-refractivity contribution in [2.75, 3.05) is 7.11 Å². The number of rotatable bonds is 3. The highest BCUT2D eigenvalue weighted by atomic mass is 16.5. The summed E-state index contributed by atoms with van der Waals surface area (Å²) in [6.45, 7) is 8.08. The predicted octanol–water partition coefficient (Wildman–Crippen LogP) is 2.40. The van der Waals surface area contributed by atoms with E-state index in [4.69, 9.17) is 0 Å². The van der Waals surface area contributed by atoms with Crippen molar-refractivity contribution in [3.05, 3.63) is 11.6 Å². The summed E-state index contributed by atoms with van der Waals surface area (Å²) < 4.78 is 4.67. The molecule has 0 spiro atoms. The number of allylic oxidation sites excluding steroid dienone is 1. The molecule has 0 unspecified atom stereocenters. The van der Waals surface area contributed by atoms with Gasteiger partial charge in [0.1, 0.15) is 0 Å².